The average Bonchev–Trinajstić information content (AvgIpc) is 3.07. The molecule has 2 aromatic rings. The second-order valence-electron chi connectivity index (χ2n) is 5.49. The number of hydrogen-bond donors (Lipinski definition) is 6. The minimum atomic E-state index is -5.06. The van der Waals surface area contributed by atoms with E-state index in [9.17, 15) is 14.2 Å². The fraction of sp³-hybridized carbons (Fsp3) is 0.500. The van der Waals surface area contributed by atoms with E-state index in [1.807, 2.05) is 0 Å². The van der Waals surface area contributed by atoms with Crippen molar-refractivity contribution in [2.45, 2.75) is 24.5 Å². The third kappa shape index (κ3) is 6.73. The van der Waals surface area contributed by atoms with Gasteiger partial charge in [-0.15, -0.1) is 0 Å². The topological polar surface area (TPSA) is 233 Å². The molecule has 0 unspecified atom stereocenters. The maximum Gasteiger partial charge on any atom is 0.470 e. The van der Waals surface area contributed by atoms with E-state index in [2.05, 4.69) is 24.0 Å². The molecule has 152 valence electrons. The molecule has 1 saturated heterocycles. The summed E-state index contributed by atoms with van der Waals surface area (Å²) in [6.07, 6.45) is -3.78. The first-order valence-corrected chi connectivity index (χ1v) is 10.2. The van der Waals surface area contributed by atoms with Crippen LogP contribution in [0.25, 0.3) is 11.2 Å². The number of ether oxygens (including phenoxy) is 1. The van der Waals surface area contributed by atoms with Crippen molar-refractivity contribution in [1.82, 2.24) is 19.5 Å². The molecule has 0 bridgehead atoms. The monoisotopic (exact) mass is 473 g/mol. The second kappa shape index (κ2) is 10.4. The summed E-state index contributed by atoms with van der Waals surface area (Å²) in [7, 11) is -9.94. The zero-order chi connectivity index (χ0) is 20.0. The molecule has 1 fully saturated rings. The molecular weight excluding hydrogens is 458 g/mol. The van der Waals surface area contributed by atoms with Crippen LogP contribution in [0.5, 0.6) is 0 Å². The third-order valence-corrected chi connectivity index (χ3v) is 4.64. The fourth-order valence-electron chi connectivity index (χ4n) is 2.58. The molecule has 0 aromatic carbocycles. The molecule has 2 aromatic heterocycles. The molecule has 29 heavy (non-hydrogen) atoms. The summed E-state index contributed by atoms with van der Waals surface area (Å²) in [5.41, 5.74) is 5.96. The number of anilines is 1. The first kappa shape index (κ1) is 27.5. The number of nitrogen functional groups attached to an aromatic ring is 1. The summed E-state index contributed by atoms with van der Waals surface area (Å²) in [6.45, 7) is -0.771. The molecule has 2 radical (unpaired) electrons. The molecule has 7 N–H and O–H groups in total. The van der Waals surface area contributed by atoms with Gasteiger partial charge < -0.3 is 35.2 Å². The molecule has 3 rings (SSSR count). The Morgan fingerprint density at radius 2 is 1.79 bits per heavy atom. The maximum absolute atomic E-state index is 11.3. The number of aliphatic hydroxyl groups excluding tert-OH is 1. The van der Waals surface area contributed by atoms with E-state index in [1.165, 1.54) is 10.9 Å². The van der Waals surface area contributed by atoms with Crippen molar-refractivity contribution < 1.29 is 47.6 Å². The summed E-state index contributed by atoms with van der Waals surface area (Å²) < 4.78 is 37.7. The zero-order valence-electron chi connectivity index (χ0n) is 15.2. The Bertz CT molecular complexity index is 937. The van der Waals surface area contributed by atoms with E-state index < -0.39 is 46.8 Å². The van der Waals surface area contributed by atoms with Gasteiger partial charge in [-0.05, 0) is 0 Å². The minimum absolute atomic E-state index is 0. The third-order valence-electron chi connectivity index (χ3n) is 3.64. The van der Waals surface area contributed by atoms with Gasteiger partial charge >= 0.3 is 15.6 Å². The first-order valence-electron chi connectivity index (χ1n) is 7.17. The summed E-state index contributed by atoms with van der Waals surface area (Å²) in [5, 5.41) is 10.3. The van der Waals surface area contributed by atoms with E-state index >= 15 is 0 Å². The first-order chi connectivity index (χ1) is 12.5. The summed E-state index contributed by atoms with van der Waals surface area (Å²) in [6, 6.07) is 0. The molecule has 0 saturated carbocycles. The van der Waals surface area contributed by atoms with Gasteiger partial charge in [0.25, 0.3) is 0 Å². The Kier molecular flexibility index (Phi) is 9.87. The molecule has 19 heteroatoms. The number of nitrogens with zero attached hydrogens (tertiary/aromatic N) is 4. The number of phosphoric ester groups is 2. The van der Waals surface area contributed by atoms with Crippen molar-refractivity contribution >= 4 is 91.7 Å². The predicted octanol–water partition coefficient (Wildman–Crippen LogP) is -2.51. The van der Waals surface area contributed by atoms with Gasteiger partial charge in [0.15, 0.2) is 17.7 Å². The number of imidazole rings is 1. The molecule has 0 aliphatic carbocycles. The maximum atomic E-state index is 11.3. The SMILES string of the molecule is Nc1ncnc2c1ncn2[C@@H]1O[C@H](COP(=O)(O)O)[C@@H](O)[C@H]1OP(=O)(O)O.[Na].[Na]. The van der Waals surface area contributed by atoms with Gasteiger partial charge in [-0.3, -0.25) is 13.6 Å². The molecule has 15 nitrogen and oxygen atoms in total. The van der Waals surface area contributed by atoms with Crippen LogP contribution < -0.4 is 5.73 Å². The Labute approximate surface area is 207 Å². The number of hydrogen-bond acceptors (Lipinski definition) is 10. The summed E-state index contributed by atoms with van der Waals surface area (Å²) in [4.78, 5) is 47.5. The van der Waals surface area contributed by atoms with Gasteiger partial charge in [0.1, 0.15) is 30.2 Å². The molecule has 4 atom stereocenters. The van der Waals surface area contributed by atoms with E-state index in [0.29, 0.717) is 0 Å². The van der Waals surface area contributed by atoms with Crippen LogP contribution in [0.2, 0.25) is 0 Å². The average molecular weight is 473 g/mol. The number of fused-ring (bicyclic) bond motifs is 1. The smallest absolute Gasteiger partial charge is 0.387 e. The predicted molar refractivity (Wildman–Crippen MR) is 96.1 cm³/mol. The van der Waals surface area contributed by atoms with Crippen molar-refractivity contribution in [2.75, 3.05) is 12.3 Å². The van der Waals surface area contributed by atoms with Crippen LogP contribution in [0.3, 0.4) is 0 Å². The van der Waals surface area contributed by atoms with Gasteiger partial charge in [-0.2, -0.15) is 0 Å². The van der Waals surface area contributed by atoms with Gasteiger partial charge in [0.05, 0.1) is 12.9 Å². The number of aliphatic hydroxyl groups is 1. The van der Waals surface area contributed by atoms with Crippen molar-refractivity contribution in [3.05, 3.63) is 12.7 Å². The van der Waals surface area contributed by atoms with Crippen LogP contribution in [0.15, 0.2) is 12.7 Å². The van der Waals surface area contributed by atoms with Crippen molar-refractivity contribution in [1.29, 1.82) is 0 Å². The molecule has 0 amide bonds. The Balaban J connectivity index is 0.00000210. The van der Waals surface area contributed by atoms with Crippen molar-refractivity contribution in [3.8, 4) is 0 Å². The number of phosphoric acid groups is 2. The molecular formula is C10H15N5Na2O10P2. The van der Waals surface area contributed by atoms with Gasteiger partial charge in [-0.1, -0.05) is 0 Å². The van der Waals surface area contributed by atoms with Crippen LogP contribution in [0.4, 0.5) is 5.82 Å². The van der Waals surface area contributed by atoms with E-state index in [4.69, 9.17) is 30.0 Å². The Hall–Kier alpha value is 0.490. The normalized spacial score (nSPS) is 24.9. The molecule has 0 spiro atoms. The zero-order valence-corrected chi connectivity index (χ0v) is 21.0. The van der Waals surface area contributed by atoms with E-state index in [0.717, 1.165) is 6.33 Å². The van der Waals surface area contributed by atoms with Crippen LogP contribution in [0, 0.1) is 0 Å². The van der Waals surface area contributed by atoms with Gasteiger partial charge in [0, 0.05) is 59.1 Å². The quantitative estimate of drug-likeness (QED) is 0.188. The van der Waals surface area contributed by atoms with E-state index in [-0.39, 0.29) is 76.1 Å². The summed E-state index contributed by atoms with van der Waals surface area (Å²) in [5.74, 6) is 0.0335. The van der Waals surface area contributed by atoms with Crippen molar-refractivity contribution in [3.63, 3.8) is 0 Å². The number of aromatic nitrogens is 4. The van der Waals surface area contributed by atoms with Crippen molar-refractivity contribution in [2.24, 2.45) is 0 Å². The standard InChI is InChI=1S/C10H15N5O10P2.2Na/c11-8-5-9(13-2-12-8)15(3-14-5)10-7(25-27(20,21)22)6(16)4(24-10)1-23-26(17,18)19;;/h2-4,6-7,10,16H,1H2,(H2,11,12,13)(H2,17,18,19)(H2,20,21,22);;/t4-,6-,7-,10-;;/m1../s1. The van der Waals surface area contributed by atoms with Gasteiger partial charge in [-0.25, -0.2) is 24.1 Å². The molecule has 3 heterocycles. The number of rotatable bonds is 6. The van der Waals surface area contributed by atoms with Gasteiger partial charge in [0.2, 0.25) is 0 Å². The van der Waals surface area contributed by atoms with Crippen LogP contribution >= 0.6 is 15.6 Å². The Morgan fingerprint density at radius 1 is 1.14 bits per heavy atom. The summed E-state index contributed by atoms with van der Waals surface area (Å²) >= 11 is 0. The Morgan fingerprint density at radius 3 is 2.38 bits per heavy atom. The van der Waals surface area contributed by atoms with E-state index in [1.54, 1.807) is 0 Å². The molecule has 1 aliphatic rings. The minimum Gasteiger partial charge on any atom is -0.387 e. The van der Waals surface area contributed by atoms with Crippen LogP contribution in [-0.2, 0) is 22.9 Å². The largest absolute Gasteiger partial charge is 0.470 e. The number of nitrogens with two attached hydrogens (primary N) is 1. The molecule has 1 aliphatic heterocycles. The fourth-order valence-corrected chi connectivity index (χ4v) is 3.47. The van der Waals surface area contributed by atoms with Crippen LogP contribution in [0.1, 0.15) is 6.23 Å². The van der Waals surface area contributed by atoms with Crippen LogP contribution in [-0.4, -0.2) is 128 Å². The second-order valence-corrected chi connectivity index (χ2v) is 7.92.